The van der Waals surface area contributed by atoms with E-state index in [0.29, 0.717) is 12.6 Å². The van der Waals surface area contributed by atoms with Crippen LogP contribution in [0.5, 0.6) is 0 Å². The van der Waals surface area contributed by atoms with Gasteiger partial charge in [-0.25, -0.2) is 4.79 Å². The summed E-state index contributed by atoms with van der Waals surface area (Å²) in [7, 11) is 0. The van der Waals surface area contributed by atoms with Crippen LogP contribution in [0.25, 0.3) is 0 Å². The Morgan fingerprint density at radius 1 is 1.44 bits per heavy atom. The van der Waals surface area contributed by atoms with Gasteiger partial charge in [-0.3, -0.25) is 0 Å². The molecule has 96 valence electrons. The van der Waals surface area contributed by atoms with Crippen molar-refractivity contribution in [2.45, 2.75) is 38.8 Å². The smallest absolute Gasteiger partial charge is 0.332 e. The molecule has 0 spiro atoms. The third kappa shape index (κ3) is 3.91. The second kappa shape index (κ2) is 6.24. The molecule has 3 nitrogen and oxygen atoms in total. The molecule has 0 amide bonds. The maximum atomic E-state index is 11.7. The Morgan fingerprint density at radius 2 is 2.22 bits per heavy atom. The van der Waals surface area contributed by atoms with Gasteiger partial charge in [-0.05, 0) is 31.7 Å². The number of rotatable bonds is 3. The number of allylic oxidation sites excluding steroid dienone is 1. The van der Waals surface area contributed by atoms with Crippen molar-refractivity contribution in [3.63, 3.8) is 0 Å². The summed E-state index contributed by atoms with van der Waals surface area (Å²) in [5, 5.41) is 3.31. The number of carbonyl (C=O) groups excluding carboxylic acids is 1. The minimum Gasteiger partial charge on any atom is -0.458 e. The van der Waals surface area contributed by atoms with Crippen molar-refractivity contribution in [2.24, 2.45) is 0 Å². The van der Waals surface area contributed by atoms with Gasteiger partial charge < -0.3 is 10.1 Å². The lowest BCUT2D eigenvalue weighted by Gasteiger charge is -2.23. The van der Waals surface area contributed by atoms with E-state index in [2.05, 4.69) is 12.2 Å². The molecular weight excluding hydrogens is 226 g/mol. The molecular formula is C15H19NO2. The van der Waals surface area contributed by atoms with Crippen molar-refractivity contribution in [2.75, 3.05) is 0 Å². The summed E-state index contributed by atoms with van der Waals surface area (Å²) >= 11 is 0. The molecule has 1 heterocycles. The van der Waals surface area contributed by atoms with Gasteiger partial charge in [0, 0.05) is 17.8 Å². The Morgan fingerprint density at radius 3 is 2.94 bits per heavy atom. The van der Waals surface area contributed by atoms with Crippen molar-refractivity contribution in [1.29, 1.82) is 0 Å². The first kappa shape index (κ1) is 12.7. The van der Waals surface area contributed by atoms with E-state index in [-0.39, 0.29) is 5.97 Å². The molecule has 0 saturated carbocycles. The standard InChI is InChI=1S/C15H19NO2/c1-12-6-5-9-14(16-12)10-15(17)18-11-13-7-3-2-4-8-13/h2-4,7-8,10,12,16H,5-6,9,11H2,1H3/b14-10+/t12-/m0/s1. The molecule has 1 aromatic carbocycles. The zero-order valence-electron chi connectivity index (χ0n) is 10.7. The van der Waals surface area contributed by atoms with Crippen LogP contribution in [-0.2, 0) is 16.1 Å². The van der Waals surface area contributed by atoms with Gasteiger partial charge in [-0.1, -0.05) is 30.3 Å². The third-order valence-electron chi connectivity index (χ3n) is 3.03. The fourth-order valence-electron chi connectivity index (χ4n) is 2.09. The lowest BCUT2D eigenvalue weighted by Crippen LogP contribution is -2.30. The van der Waals surface area contributed by atoms with E-state index in [1.165, 1.54) is 0 Å². The predicted molar refractivity (Wildman–Crippen MR) is 70.8 cm³/mol. The summed E-state index contributed by atoms with van der Waals surface area (Å²) in [5.74, 6) is -0.268. The summed E-state index contributed by atoms with van der Waals surface area (Å²) in [6.07, 6.45) is 4.81. The molecule has 1 aliphatic rings. The summed E-state index contributed by atoms with van der Waals surface area (Å²) in [6.45, 7) is 2.46. The lowest BCUT2D eigenvalue weighted by atomic mass is 10.0. The molecule has 1 aliphatic heterocycles. The summed E-state index contributed by atoms with van der Waals surface area (Å²) < 4.78 is 5.21. The largest absolute Gasteiger partial charge is 0.458 e. The van der Waals surface area contributed by atoms with Gasteiger partial charge in [0.2, 0.25) is 0 Å². The monoisotopic (exact) mass is 245 g/mol. The maximum absolute atomic E-state index is 11.7. The van der Waals surface area contributed by atoms with Gasteiger partial charge in [-0.15, -0.1) is 0 Å². The highest BCUT2D eigenvalue weighted by Crippen LogP contribution is 2.15. The molecule has 1 fully saturated rings. The van der Waals surface area contributed by atoms with Crippen LogP contribution in [0.2, 0.25) is 0 Å². The van der Waals surface area contributed by atoms with Gasteiger partial charge in [-0.2, -0.15) is 0 Å². The minimum absolute atomic E-state index is 0.268. The number of ether oxygens (including phenoxy) is 1. The Kier molecular flexibility index (Phi) is 4.40. The van der Waals surface area contributed by atoms with Crippen LogP contribution in [0.1, 0.15) is 31.7 Å². The van der Waals surface area contributed by atoms with E-state index in [9.17, 15) is 4.79 Å². The third-order valence-corrected chi connectivity index (χ3v) is 3.03. The van der Waals surface area contributed by atoms with Gasteiger partial charge in [0.1, 0.15) is 6.61 Å². The van der Waals surface area contributed by atoms with Gasteiger partial charge in [0.25, 0.3) is 0 Å². The highest BCUT2D eigenvalue weighted by molar-refractivity contribution is 5.82. The molecule has 1 atom stereocenters. The summed E-state index contributed by atoms with van der Waals surface area (Å²) in [6, 6.07) is 10.2. The molecule has 18 heavy (non-hydrogen) atoms. The van der Waals surface area contributed by atoms with E-state index < -0.39 is 0 Å². The van der Waals surface area contributed by atoms with E-state index in [1.807, 2.05) is 30.3 Å². The molecule has 1 N–H and O–H groups in total. The summed E-state index contributed by atoms with van der Waals surface area (Å²) in [5.41, 5.74) is 2.00. The van der Waals surface area contributed by atoms with Crippen molar-refractivity contribution in [3.8, 4) is 0 Å². The zero-order valence-corrected chi connectivity index (χ0v) is 10.7. The molecule has 0 aliphatic carbocycles. The number of piperidine rings is 1. The van der Waals surface area contributed by atoms with Crippen LogP contribution < -0.4 is 5.32 Å². The van der Waals surface area contributed by atoms with Crippen LogP contribution in [0, 0.1) is 0 Å². The Bertz CT molecular complexity index is 425. The predicted octanol–water partition coefficient (Wildman–Crippen LogP) is 2.78. The molecule has 1 aromatic rings. The van der Waals surface area contributed by atoms with Crippen LogP contribution >= 0.6 is 0 Å². The molecule has 0 unspecified atom stereocenters. The average Bonchev–Trinajstić information content (AvgIpc) is 2.38. The first-order valence-corrected chi connectivity index (χ1v) is 6.42. The molecule has 0 radical (unpaired) electrons. The second-order valence-corrected chi connectivity index (χ2v) is 4.70. The highest BCUT2D eigenvalue weighted by atomic mass is 16.5. The Balaban J connectivity index is 1.83. The Labute approximate surface area is 108 Å². The molecule has 3 heteroatoms. The van der Waals surface area contributed by atoms with Crippen molar-refractivity contribution in [3.05, 3.63) is 47.7 Å². The fraction of sp³-hybridized carbons (Fsp3) is 0.400. The number of esters is 1. The van der Waals surface area contributed by atoms with E-state index in [4.69, 9.17) is 4.74 Å². The quantitative estimate of drug-likeness (QED) is 0.657. The van der Waals surface area contributed by atoms with Crippen molar-refractivity contribution >= 4 is 5.97 Å². The number of benzene rings is 1. The SMILES string of the molecule is C[C@H]1CCC/C(=C\C(=O)OCc2ccccc2)N1. The lowest BCUT2D eigenvalue weighted by molar-refractivity contribution is -0.139. The summed E-state index contributed by atoms with van der Waals surface area (Å²) in [4.78, 5) is 11.7. The molecule has 1 saturated heterocycles. The van der Waals surface area contributed by atoms with Crippen LogP contribution in [-0.4, -0.2) is 12.0 Å². The van der Waals surface area contributed by atoms with E-state index in [1.54, 1.807) is 6.08 Å². The van der Waals surface area contributed by atoms with Gasteiger partial charge >= 0.3 is 5.97 Å². The van der Waals surface area contributed by atoms with Crippen LogP contribution in [0.15, 0.2) is 42.1 Å². The maximum Gasteiger partial charge on any atom is 0.332 e. The van der Waals surface area contributed by atoms with Crippen LogP contribution in [0.3, 0.4) is 0 Å². The highest BCUT2D eigenvalue weighted by Gasteiger charge is 2.12. The van der Waals surface area contributed by atoms with E-state index >= 15 is 0 Å². The number of nitrogens with one attached hydrogen (secondary N) is 1. The van der Waals surface area contributed by atoms with Gasteiger partial charge in [0.05, 0.1) is 0 Å². The minimum atomic E-state index is -0.268. The molecule has 0 aromatic heterocycles. The number of hydrogen-bond donors (Lipinski definition) is 1. The van der Waals surface area contributed by atoms with Crippen LogP contribution in [0.4, 0.5) is 0 Å². The first-order valence-electron chi connectivity index (χ1n) is 6.42. The molecule has 2 rings (SSSR count). The second-order valence-electron chi connectivity index (χ2n) is 4.70. The normalized spacial score (nSPS) is 21.4. The Hall–Kier alpha value is -1.77. The first-order chi connectivity index (χ1) is 8.74. The number of hydrogen-bond acceptors (Lipinski definition) is 3. The topological polar surface area (TPSA) is 38.3 Å². The average molecular weight is 245 g/mol. The number of carbonyl (C=O) groups is 1. The van der Waals surface area contributed by atoms with Gasteiger partial charge in [0.15, 0.2) is 0 Å². The fourth-order valence-corrected chi connectivity index (χ4v) is 2.09. The molecule has 0 bridgehead atoms. The van der Waals surface area contributed by atoms with Crippen molar-refractivity contribution in [1.82, 2.24) is 5.32 Å². The zero-order chi connectivity index (χ0) is 12.8. The van der Waals surface area contributed by atoms with E-state index in [0.717, 1.165) is 30.5 Å². The van der Waals surface area contributed by atoms with Crippen molar-refractivity contribution < 1.29 is 9.53 Å².